The van der Waals surface area contributed by atoms with Crippen molar-refractivity contribution in [3.8, 4) is 0 Å². The predicted molar refractivity (Wildman–Crippen MR) is 109 cm³/mol. The Bertz CT molecular complexity index is 784. The smallest absolute Gasteiger partial charge is 0.355 e. The van der Waals surface area contributed by atoms with Crippen molar-refractivity contribution >= 4 is 11.7 Å². The lowest BCUT2D eigenvalue weighted by Crippen LogP contribution is -2.30. The summed E-state index contributed by atoms with van der Waals surface area (Å²) in [6.45, 7) is 8.58. The molecule has 0 unspecified atom stereocenters. The zero-order valence-corrected chi connectivity index (χ0v) is 15.8. The summed E-state index contributed by atoms with van der Waals surface area (Å²) >= 11 is 0. The number of anilines is 1. The van der Waals surface area contributed by atoms with E-state index in [-0.39, 0.29) is 5.70 Å². The van der Waals surface area contributed by atoms with E-state index in [1.165, 1.54) is 24.9 Å². The molecule has 3 rings (SSSR count). The lowest BCUT2D eigenvalue weighted by molar-refractivity contribution is -0.134. The normalized spacial score (nSPS) is 17.7. The van der Waals surface area contributed by atoms with Gasteiger partial charge in [-0.05, 0) is 56.0 Å². The maximum Gasteiger partial charge on any atom is 0.355 e. The molecule has 1 fully saturated rings. The minimum absolute atomic E-state index is 0.186. The number of carboxylic acid groups (broad SMARTS) is 1. The molecule has 0 aliphatic carbocycles. The highest BCUT2D eigenvalue weighted by Crippen LogP contribution is 2.24. The average Bonchev–Trinajstić information content (AvgIpc) is 2.69. The number of hydrogen-bond donors (Lipinski definition) is 2. The van der Waals surface area contributed by atoms with Gasteiger partial charge in [-0.15, -0.1) is 0 Å². The monoisotopic (exact) mass is 365 g/mol. The number of aliphatic carboxylic acids is 1. The zero-order chi connectivity index (χ0) is 19.2. The number of benzene rings is 1. The first-order valence-electron chi connectivity index (χ1n) is 9.44. The molecule has 2 aliphatic heterocycles. The van der Waals surface area contributed by atoms with Crippen LogP contribution in [0.1, 0.15) is 31.7 Å². The fraction of sp³-hybridized carbons (Fsp3) is 0.318. The Morgan fingerprint density at radius 2 is 1.89 bits per heavy atom. The van der Waals surface area contributed by atoms with Crippen LogP contribution < -0.4 is 10.2 Å². The van der Waals surface area contributed by atoms with Gasteiger partial charge in [-0.2, -0.15) is 0 Å². The van der Waals surface area contributed by atoms with Gasteiger partial charge in [0.05, 0.1) is 5.70 Å². The van der Waals surface area contributed by atoms with Crippen molar-refractivity contribution in [1.82, 2.24) is 10.2 Å². The summed E-state index contributed by atoms with van der Waals surface area (Å²) in [5.74, 6) is -0.985. The van der Waals surface area contributed by atoms with E-state index in [9.17, 15) is 9.90 Å². The Morgan fingerprint density at radius 1 is 1.19 bits per heavy atom. The minimum atomic E-state index is -0.985. The van der Waals surface area contributed by atoms with Gasteiger partial charge in [-0.1, -0.05) is 24.8 Å². The lowest BCUT2D eigenvalue weighted by Gasteiger charge is -2.29. The van der Waals surface area contributed by atoms with Gasteiger partial charge in [0.2, 0.25) is 0 Å². The average molecular weight is 365 g/mol. The molecule has 2 N–H and O–H groups in total. The van der Waals surface area contributed by atoms with E-state index >= 15 is 0 Å². The predicted octanol–water partition coefficient (Wildman–Crippen LogP) is 3.98. The summed E-state index contributed by atoms with van der Waals surface area (Å²) in [5.41, 5.74) is 3.76. The lowest BCUT2D eigenvalue weighted by atomic mass is 10.1. The highest BCUT2D eigenvalue weighted by Gasteiger charge is 2.23. The van der Waals surface area contributed by atoms with Crippen LogP contribution in [0.15, 0.2) is 72.4 Å². The van der Waals surface area contributed by atoms with Crippen molar-refractivity contribution in [2.75, 3.05) is 18.0 Å². The van der Waals surface area contributed by atoms with Gasteiger partial charge < -0.3 is 20.2 Å². The zero-order valence-electron chi connectivity index (χ0n) is 15.8. The van der Waals surface area contributed by atoms with Crippen molar-refractivity contribution in [3.05, 3.63) is 77.9 Å². The number of piperidine rings is 1. The number of rotatable bonds is 6. The number of carbonyl (C=O) groups is 1. The molecule has 0 spiro atoms. The highest BCUT2D eigenvalue weighted by atomic mass is 16.4. The Kier molecular flexibility index (Phi) is 6.01. The SMILES string of the molecule is C=C1C=CC(NCc2ccc(N3CCCCC3)cc2)=C(C(=O)O)N1/C=C\C. The third-order valence-corrected chi connectivity index (χ3v) is 4.89. The molecule has 1 saturated heterocycles. The quantitative estimate of drug-likeness (QED) is 0.799. The van der Waals surface area contributed by atoms with Crippen LogP contribution in [0.4, 0.5) is 5.69 Å². The summed E-state index contributed by atoms with van der Waals surface area (Å²) in [5, 5.41) is 12.9. The molecule has 0 atom stereocenters. The van der Waals surface area contributed by atoms with E-state index in [4.69, 9.17) is 0 Å². The van der Waals surface area contributed by atoms with E-state index in [1.54, 1.807) is 23.3 Å². The van der Waals surface area contributed by atoms with Crippen molar-refractivity contribution in [2.45, 2.75) is 32.7 Å². The first kappa shape index (κ1) is 18.8. The molecule has 0 bridgehead atoms. The van der Waals surface area contributed by atoms with Crippen LogP contribution in [-0.4, -0.2) is 29.1 Å². The van der Waals surface area contributed by atoms with Crippen LogP contribution in [-0.2, 0) is 11.3 Å². The Labute approximate surface area is 161 Å². The second kappa shape index (κ2) is 8.62. The number of hydrogen-bond acceptors (Lipinski definition) is 4. The summed E-state index contributed by atoms with van der Waals surface area (Å²) in [6.07, 6.45) is 10.9. The van der Waals surface area contributed by atoms with Crippen molar-refractivity contribution in [3.63, 3.8) is 0 Å². The highest BCUT2D eigenvalue weighted by molar-refractivity contribution is 5.88. The molecule has 0 aromatic heterocycles. The van der Waals surface area contributed by atoms with Gasteiger partial charge in [-0.3, -0.25) is 0 Å². The van der Waals surface area contributed by atoms with Gasteiger partial charge in [0, 0.05) is 37.2 Å². The van der Waals surface area contributed by atoms with Crippen LogP contribution in [0.2, 0.25) is 0 Å². The summed E-state index contributed by atoms with van der Waals surface area (Å²) in [7, 11) is 0. The van der Waals surface area contributed by atoms with E-state index in [2.05, 4.69) is 41.1 Å². The fourth-order valence-electron chi connectivity index (χ4n) is 3.47. The molecule has 142 valence electrons. The summed E-state index contributed by atoms with van der Waals surface area (Å²) in [6, 6.07) is 8.51. The first-order chi connectivity index (χ1) is 13.1. The number of carboxylic acids is 1. The van der Waals surface area contributed by atoms with Gasteiger partial charge >= 0.3 is 5.97 Å². The molecule has 5 heteroatoms. The van der Waals surface area contributed by atoms with E-state index in [0.29, 0.717) is 17.9 Å². The number of nitrogens with zero attached hydrogens (tertiary/aromatic N) is 2. The van der Waals surface area contributed by atoms with Gasteiger partial charge in [0.1, 0.15) is 0 Å². The Morgan fingerprint density at radius 3 is 2.52 bits per heavy atom. The fourth-order valence-corrected chi connectivity index (χ4v) is 3.47. The minimum Gasteiger partial charge on any atom is -0.476 e. The van der Waals surface area contributed by atoms with Crippen LogP contribution in [0.3, 0.4) is 0 Å². The molecule has 1 aromatic carbocycles. The molecular formula is C22H27N3O2. The molecule has 5 nitrogen and oxygen atoms in total. The molecule has 1 aromatic rings. The number of nitrogens with one attached hydrogen (secondary N) is 1. The van der Waals surface area contributed by atoms with Crippen molar-refractivity contribution in [2.24, 2.45) is 0 Å². The van der Waals surface area contributed by atoms with Crippen LogP contribution >= 0.6 is 0 Å². The molecule has 27 heavy (non-hydrogen) atoms. The number of allylic oxidation sites excluding steroid dienone is 3. The van der Waals surface area contributed by atoms with Gasteiger partial charge in [0.15, 0.2) is 5.70 Å². The van der Waals surface area contributed by atoms with E-state index in [1.807, 2.05) is 13.0 Å². The first-order valence-corrected chi connectivity index (χ1v) is 9.44. The third kappa shape index (κ3) is 4.42. The molecule has 0 radical (unpaired) electrons. The topological polar surface area (TPSA) is 55.8 Å². The van der Waals surface area contributed by atoms with Crippen LogP contribution in [0.25, 0.3) is 0 Å². The Balaban J connectivity index is 1.71. The molecular weight excluding hydrogens is 338 g/mol. The maximum absolute atomic E-state index is 11.8. The van der Waals surface area contributed by atoms with Crippen molar-refractivity contribution < 1.29 is 9.90 Å². The second-order valence-electron chi connectivity index (χ2n) is 6.81. The van der Waals surface area contributed by atoms with Crippen LogP contribution in [0, 0.1) is 0 Å². The van der Waals surface area contributed by atoms with Crippen molar-refractivity contribution in [1.29, 1.82) is 0 Å². The molecule has 0 saturated carbocycles. The second-order valence-corrected chi connectivity index (χ2v) is 6.81. The largest absolute Gasteiger partial charge is 0.476 e. The third-order valence-electron chi connectivity index (χ3n) is 4.89. The van der Waals surface area contributed by atoms with Crippen LogP contribution in [0.5, 0.6) is 0 Å². The molecule has 2 heterocycles. The molecule has 0 amide bonds. The van der Waals surface area contributed by atoms with Gasteiger partial charge in [-0.25, -0.2) is 4.79 Å². The van der Waals surface area contributed by atoms with E-state index in [0.717, 1.165) is 18.7 Å². The standard InChI is InChI=1S/C22H27N3O2/c1-3-13-25-17(2)7-12-20(21(25)22(26)27)23-16-18-8-10-19(11-9-18)24-14-5-4-6-15-24/h3,7-13,23H,2,4-6,14-16H2,1H3,(H,26,27)/b13-3-. The summed E-state index contributed by atoms with van der Waals surface area (Å²) in [4.78, 5) is 15.8. The van der Waals surface area contributed by atoms with E-state index < -0.39 is 5.97 Å². The maximum atomic E-state index is 11.8. The summed E-state index contributed by atoms with van der Waals surface area (Å²) < 4.78 is 0. The van der Waals surface area contributed by atoms with Gasteiger partial charge in [0.25, 0.3) is 0 Å². The Hall–Kier alpha value is -2.95. The molecule has 2 aliphatic rings.